The van der Waals surface area contributed by atoms with Gasteiger partial charge < -0.3 is 5.32 Å². The Kier molecular flexibility index (Phi) is 5.23. The lowest BCUT2D eigenvalue weighted by molar-refractivity contribution is 0.334. The second-order valence-electron chi connectivity index (χ2n) is 3.90. The van der Waals surface area contributed by atoms with Gasteiger partial charge in [-0.3, -0.25) is 0 Å². The van der Waals surface area contributed by atoms with Gasteiger partial charge in [0.2, 0.25) is 0 Å². The average Bonchev–Trinajstić information content (AvgIpc) is 2.03. The van der Waals surface area contributed by atoms with Crippen molar-refractivity contribution >= 4 is 0 Å². The Bertz CT molecular complexity index is 134. The first kappa shape index (κ1) is 11.7. The highest BCUT2D eigenvalue weighted by molar-refractivity contribution is 4.90. The molecule has 0 saturated carbocycles. The van der Waals surface area contributed by atoms with Crippen LogP contribution < -0.4 is 5.32 Å². The number of hydrogen-bond donors (Lipinski definition) is 1. The molecule has 0 aromatic carbocycles. The summed E-state index contributed by atoms with van der Waals surface area (Å²) < 4.78 is 0. The molecule has 0 fully saturated rings. The Morgan fingerprint density at radius 3 is 2.17 bits per heavy atom. The van der Waals surface area contributed by atoms with Crippen LogP contribution >= 0.6 is 0 Å². The second kappa shape index (κ2) is 5.36. The van der Waals surface area contributed by atoms with Crippen molar-refractivity contribution in [1.29, 1.82) is 0 Å². The molecule has 1 nitrogen and oxygen atoms in total. The van der Waals surface area contributed by atoms with Crippen molar-refractivity contribution in [3.05, 3.63) is 12.2 Å². The first-order valence-corrected chi connectivity index (χ1v) is 4.93. The molecule has 72 valence electrons. The van der Waals surface area contributed by atoms with E-state index < -0.39 is 0 Å². The maximum absolute atomic E-state index is 3.89. The molecule has 0 aromatic rings. The van der Waals surface area contributed by atoms with Gasteiger partial charge in [-0.2, -0.15) is 0 Å². The fraction of sp³-hybridized carbons (Fsp3) is 0.818. The molecule has 0 radical (unpaired) electrons. The largest absolute Gasteiger partial charge is 0.311 e. The zero-order valence-corrected chi connectivity index (χ0v) is 9.04. The van der Waals surface area contributed by atoms with Crippen LogP contribution in [0.4, 0.5) is 0 Å². The summed E-state index contributed by atoms with van der Waals surface area (Å²) >= 11 is 0. The molecule has 0 aliphatic rings. The van der Waals surface area contributed by atoms with E-state index in [9.17, 15) is 0 Å². The number of rotatable bonds is 6. The summed E-state index contributed by atoms with van der Waals surface area (Å²) in [7, 11) is 0. The van der Waals surface area contributed by atoms with Crippen LogP contribution in [0, 0.1) is 0 Å². The van der Waals surface area contributed by atoms with E-state index in [0.717, 1.165) is 13.0 Å². The van der Waals surface area contributed by atoms with Crippen molar-refractivity contribution in [3.8, 4) is 0 Å². The molecule has 0 spiro atoms. The van der Waals surface area contributed by atoms with Gasteiger partial charge in [-0.25, -0.2) is 0 Å². The highest BCUT2D eigenvalue weighted by Gasteiger charge is 2.17. The highest BCUT2D eigenvalue weighted by atomic mass is 15.0. The average molecular weight is 169 g/mol. The normalized spacial score (nSPS) is 11.7. The zero-order chi connectivity index (χ0) is 9.61. The summed E-state index contributed by atoms with van der Waals surface area (Å²) in [6, 6.07) is 0. The molecule has 0 saturated heterocycles. The quantitative estimate of drug-likeness (QED) is 0.602. The van der Waals surface area contributed by atoms with Crippen molar-refractivity contribution in [3.63, 3.8) is 0 Å². The lowest BCUT2D eigenvalue weighted by atomic mass is 9.95. The van der Waals surface area contributed by atoms with E-state index in [2.05, 4.69) is 39.6 Å². The Hall–Kier alpha value is -0.300. The van der Waals surface area contributed by atoms with Gasteiger partial charge in [0.05, 0.1) is 0 Å². The maximum Gasteiger partial charge on any atom is 0.0148 e. The third-order valence-electron chi connectivity index (χ3n) is 2.66. The summed E-state index contributed by atoms with van der Waals surface area (Å²) in [5, 5.41) is 3.57. The standard InChI is InChI=1S/C11H23N/c1-6-11(5,7-2)12-9-8-10(3)4/h12H,3,6-9H2,1-2,4-5H3. The van der Waals surface area contributed by atoms with Crippen LogP contribution in [0.5, 0.6) is 0 Å². The Morgan fingerprint density at radius 1 is 1.33 bits per heavy atom. The molecule has 0 bridgehead atoms. The molecule has 0 heterocycles. The van der Waals surface area contributed by atoms with Gasteiger partial charge >= 0.3 is 0 Å². The van der Waals surface area contributed by atoms with E-state index in [1.54, 1.807) is 0 Å². The molecular formula is C11H23N. The highest BCUT2D eigenvalue weighted by Crippen LogP contribution is 2.13. The SMILES string of the molecule is C=C(C)CCNC(C)(CC)CC. The van der Waals surface area contributed by atoms with Crippen LogP contribution in [0.2, 0.25) is 0 Å². The lowest BCUT2D eigenvalue weighted by Crippen LogP contribution is -2.41. The predicted octanol–water partition coefficient (Wildman–Crippen LogP) is 3.12. The van der Waals surface area contributed by atoms with Gasteiger partial charge in [-0.15, -0.1) is 6.58 Å². The summed E-state index contributed by atoms with van der Waals surface area (Å²) in [6.45, 7) is 13.8. The van der Waals surface area contributed by atoms with Crippen molar-refractivity contribution in [2.24, 2.45) is 0 Å². The van der Waals surface area contributed by atoms with Crippen LogP contribution in [0.1, 0.15) is 47.0 Å². The topological polar surface area (TPSA) is 12.0 Å². The molecular weight excluding hydrogens is 146 g/mol. The summed E-state index contributed by atoms with van der Waals surface area (Å²) in [4.78, 5) is 0. The maximum atomic E-state index is 3.89. The fourth-order valence-electron chi connectivity index (χ4n) is 1.08. The molecule has 0 atom stereocenters. The Balaban J connectivity index is 3.65. The van der Waals surface area contributed by atoms with E-state index >= 15 is 0 Å². The van der Waals surface area contributed by atoms with Crippen LogP contribution in [-0.4, -0.2) is 12.1 Å². The molecule has 1 heteroatoms. The van der Waals surface area contributed by atoms with E-state index in [1.807, 2.05) is 0 Å². The lowest BCUT2D eigenvalue weighted by Gasteiger charge is -2.28. The van der Waals surface area contributed by atoms with Crippen LogP contribution in [-0.2, 0) is 0 Å². The van der Waals surface area contributed by atoms with Crippen LogP contribution in [0.3, 0.4) is 0 Å². The molecule has 1 N–H and O–H groups in total. The molecule has 0 aromatic heterocycles. The van der Waals surface area contributed by atoms with E-state index in [0.29, 0.717) is 5.54 Å². The van der Waals surface area contributed by atoms with E-state index in [-0.39, 0.29) is 0 Å². The minimum absolute atomic E-state index is 0.329. The first-order valence-electron chi connectivity index (χ1n) is 4.93. The van der Waals surface area contributed by atoms with Gasteiger partial charge in [0, 0.05) is 5.54 Å². The van der Waals surface area contributed by atoms with Gasteiger partial charge in [0.25, 0.3) is 0 Å². The minimum atomic E-state index is 0.329. The number of nitrogens with one attached hydrogen (secondary N) is 1. The summed E-state index contributed by atoms with van der Waals surface area (Å²) in [6.07, 6.45) is 3.48. The summed E-state index contributed by atoms with van der Waals surface area (Å²) in [5.74, 6) is 0. The monoisotopic (exact) mass is 169 g/mol. The molecule has 0 amide bonds. The number of hydrogen-bond acceptors (Lipinski definition) is 1. The van der Waals surface area contributed by atoms with Crippen molar-refractivity contribution in [2.75, 3.05) is 6.54 Å². The van der Waals surface area contributed by atoms with Gasteiger partial charge in [0.1, 0.15) is 0 Å². The van der Waals surface area contributed by atoms with Crippen molar-refractivity contribution < 1.29 is 0 Å². The second-order valence-corrected chi connectivity index (χ2v) is 3.90. The van der Waals surface area contributed by atoms with Gasteiger partial charge in [0.15, 0.2) is 0 Å². The summed E-state index contributed by atoms with van der Waals surface area (Å²) in [5.41, 5.74) is 1.59. The third kappa shape index (κ3) is 4.55. The Labute approximate surface area is 77.2 Å². The Morgan fingerprint density at radius 2 is 1.83 bits per heavy atom. The first-order chi connectivity index (χ1) is 5.54. The van der Waals surface area contributed by atoms with Gasteiger partial charge in [-0.1, -0.05) is 19.4 Å². The molecule has 0 rings (SSSR count). The zero-order valence-electron chi connectivity index (χ0n) is 9.04. The van der Waals surface area contributed by atoms with Crippen LogP contribution in [0.25, 0.3) is 0 Å². The predicted molar refractivity (Wildman–Crippen MR) is 56.4 cm³/mol. The van der Waals surface area contributed by atoms with Crippen LogP contribution in [0.15, 0.2) is 12.2 Å². The fourth-order valence-corrected chi connectivity index (χ4v) is 1.08. The van der Waals surface area contributed by atoms with Crippen molar-refractivity contribution in [1.82, 2.24) is 5.32 Å². The molecule has 0 unspecified atom stereocenters. The molecule has 0 aliphatic heterocycles. The third-order valence-corrected chi connectivity index (χ3v) is 2.66. The van der Waals surface area contributed by atoms with Crippen molar-refractivity contribution in [2.45, 2.75) is 52.5 Å². The molecule has 0 aliphatic carbocycles. The van der Waals surface area contributed by atoms with E-state index in [1.165, 1.54) is 18.4 Å². The van der Waals surface area contributed by atoms with E-state index in [4.69, 9.17) is 0 Å². The smallest absolute Gasteiger partial charge is 0.0148 e. The minimum Gasteiger partial charge on any atom is -0.311 e. The molecule has 12 heavy (non-hydrogen) atoms. The van der Waals surface area contributed by atoms with Gasteiger partial charge in [-0.05, 0) is 39.7 Å².